The SMILES string of the molecule is CCCNc1ncccc1C(=O)NC1CCC(CC)C1C. The van der Waals surface area contributed by atoms with E-state index in [0.717, 1.165) is 25.3 Å². The van der Waals surface area contributed by atoms with E-state index in [9.17, 15) is 4.79 Å². The number of anilines is 1. The van der Waals surface area contributed by atoms with Crippen molar-refractivity contribution in [1.82, 2.24) is 10.3 Å². The zero-order valence-corrected chi connectivity index (χ0v) is 13.4. The molecule has 0 saturated heterocycles. The molecule has 0 aliphatic heterocycles. The molecule has 1 amide bonds. The van der Waals surface area contributed by atoms with Gasteiger partial charge in [0, 0.05) is 18.8 Å². The van der Waals surface area contributed by atoms with E-state index in [0.29, 0.717) is 23.3 Å². The van der Waals surface area contributed by atoms with Gasteiger partial charge in [-0.1, -0.05) is 27.2 Å². The molecule has 2 rings (SSSR count). The van der Waals surface area contributed by atoms with Crippen LogP contribution in [0.4, 0.5) is 5.82 Å². The Morgan fingerprint density at radius 2 is 2.19 bits per heavy atom. The van der Waals surface area contributed by atoms with Crippen LogP contribution in [0.5, 0.6) is 0 Å². The van der Waals surface area contributed by atoms with E-state index in [1.807, 2.05) is 12.1 Å². The van der Waals surface area contributed by atoms with E-state index in [4.69, 9.17) is 0 Å². The number of nitrogens with zero attached hydrogens (tertiary/aromatic N) is 1. The minimum absolute atomic E-state index is 0.00435. The van der Waals surface area contributed by atoms with Crippen molar-refractivity contribution in [2.75, 3.05) is 11.9 Å². The van der Waals surface area contributed by atoms with E-state index in [2.05, 4.69) is 36.4 Å². The fourth-order valence-corrected chi connectivity index (χ4v) is 3.25. The van der Waals surface area contributed by atoms with Crippen LogP contribution in [0.25, 0.3) is 0 Å². The molecule has 116 valence electrons. The van der Waals surface area contributed by atoms with Gasteiger partial charge in [-0.15, -0.1) is 0 Å². The monoisotopic (exact) mass is 289 g/mol. The highest BCUT2D eigenvalue weighted by Crippen LogP contribution is 2.34. The first-order chi connectivity index (χ1) is 10.2. The first-order valence-corrected chi connectivity index (χ1v) is 8.17. The van der Waals surface area contributed by atoms with E-state index in [1.54, 1.807) is 6.20 Å². The zero-order chi connectivity index (χ0) is 15.2. The third-order valence-electron chi connectivity index (χ3n) is 4.66. The molecule has 1 aromatic rings. The zero-order valence-electron chi connectivity index (χ0n) is 13.4. The van der Waals surface area contributed by atoms with Crippen molar-refractivity contribution in [1.29, 1.82) is 0 Å². The average molecular weight is 289 g/mol. The summed E-state index contributed by atoms with van der Waals surface area (Å²) in [6, 6.07) is 3.96. The summed E-state index contributed by atoms with van der Waals surface area (Å²) in [6.45, 7) is 7.42. The molecule has 21 heavy (non-hydrogen) atoms. The number of pyridine rings is 1. The molecule has 3 unspecified atom stereocenters. The first-order valence-electron chi connectivity index (χ1n) is 8.17. The molecule has 1 heterocycles. The highest BCUT2D eigenvalue weighted by molar-refractivity contribution is 5.98. The molecule has 1 fully saturated rings. The van der Waals surface area contributed by atoms with Crippen LogP contribution < -0.4 is 10.6 Å². The second-order valence-corrected chi connectivity index (χ2v) is 6.01. The molecular formula is C17H27N3O. The highest BCUT2D eigenvalue weighted by Gasteiger charge is 2.32. The van der Waals surface area contributed by atoms with Gasteiger partial charge in [-0.25, -0.2) is 4.98 Å². The third-order valence-corrected chi connectivity index (χ3v) is 4.66. The predicted molar refractivity (Wildman–Crippen MR) is 86.5 cm³/mol. The molecule has 0 bridgehead atoms. The second kappa shape index (κ2) is 7.43. The Labute approximate surface area is 127 Å². The van der Waals surface area contributed by atoms with Crippen LogP contribution in [-0.2, 0) is 0 Å². The summed E-state index contributed by atoms with van der Waals surface area (Å²) in [6.07, 6.45) is 6.24. The van der Waals surface area contributed by atoms with Crippen molar-refractivity contribution in [3.05, 3.63) is 23.9 Å². The summed E-state index contributed by atoms with van der Waals surface area (Å²) >= 11 is 0. The normalized spacial score (nSPS) is 24.8. The Kier molecular flexibility index (Phi) is 5.59. The van der Waals surface area contributed by atoms with Gasteiger partial charge in [0.05, 0.1) is 5.56 Å². The van der Waals surface area contributed by atoms with Crippen LogP contribution >= 0.6 is 0 Å². The molecule has 1 aliphatic rings. The van der Waals surface area contributed by atoms with Gasteiger partial charge >= 0.3 is 0 Å². The topological polar surface area (TPSA) is 54.0 Å². The molecule has 0 spiro atoms. The van der Waals surface area contributed by atoms with Gasteiger partial charge in [-0.05, 0) is 43.2 Å². The number of nitrogens with one attached hydrogen (secondary N) is 2. The van der Waals surface area contributed by atoms with Gasteiger partial charge in [0.15, 0.2) is 0 Å². The maximum atomic E-state index is 12.5. The number of carbonyl (C=O) groups is 1. The standard InChI is InChI=1S/C17H27N3O/c1-4-10-18-16-14(7-6-11-19-16)17(21)20-15-9-8-13(5-2)12(15)3/h6-7,11-13,15H,4-5,8-10H2,1-3H3,(H,18,19)(H,20,21). The fourth-order valence-electron chi connectivity index (χ4n) is 3.25. The number of carbonyl (C=O) groups excluding carboxylic acids is 1. The highest BCUT2D eigenvalue weighted by atomic mass is 16.1. The maximum absolute atomic E-state index is 12.5. The summed E-state index contributed by atoms with van der Waals surface area (Å²) < 4.78 is 0. The van der Waals surface area contributed by atoms with Crippen LogP contribution in [0.1, 0.15) is 56.8 Å². The van der Waals surface area contributed by atoms with Crippen LogP contribution in [0.3, 0.4) is 0 Å². The summed E-state index contributed by atoms with van der Waals surface area (Å²) in [5, 5.41) is 6.44. The molecule has 3 atom stereocenters. The summed E-state index contributed by atoms with van der Waals surface area (Å²) in [7, 11) is 0. The molecule has 0 radical (unpaired) electrons. The van der Waals surface area contributed by atoms with E-state index in [1.165, 1.54) is 12.8 Å². The lowest BCUT2D eigenvalue weighted by Gasteiger charge is -2.21. The van der Waals surface area contributed by atoms with Crippen molar-refractivity contribution in [3.63, 3.8) is 0 Å². The van der Waals surface area contributed by atoms with Crippen molar-refractivity contribution < 1.29 is 4.79 Å². The Hall–Kier alpha value is -1.58. The van der Waals surface area contributed by atoms with Crippen LogP contribution in [0.2, 0.25) is 0 Å². The largest absolute Gasteiger partial charge is 0.369 e. The van der Waals surface area contributed by atoms with Gasteiger partial charge < -0.3 is 10.6 Å². The van der Waals surface area contributed by atoms with Gasteiger partial charge in [0.1, 0.15) is 5.82 Å². The van der Waals surface area contributed by atoms with Crippen molar-refractivity contribution in [2.24, 2.45) is 11.8 Å². The van der Waals surface area contributed by atoms with Crippen LogP contribution in [0.15, 0.2) is 18.3 Å². The summed E-state index contributed by atoms with van der Waals surface area (Å²) in [5.74, 6) is 1.98. The third kappa shape index (κ3) is 3.74. The van der Waals surface area contributed by atoms with Crippen molar-refractivity contribution in [3.8, 4) is 0 Å². The maximum Gasteiger partial charge on any atom is 0.255 e. The Morgan fingerprint density at radius 1 is 1.38 bits per heavy atom. The summed E-state index contributed by atoms with van der Waals surface area (Å²) in [4.78, 5) is 16.8. The van der Waals surface area contributed by atoms with Crippen LogP contribution in [-0.4, -0.2) is 23.5 Å². The van der Waals surface area contributed by atoms with E-state index < -0.39 is 0 Å². The average Bonchev–Trinajstić information content (AvgIpc) is 2.85. The number of hydrogen-bond acceptors (Lipinski definition) is 3. The Morgan fingerprint density at radius 3 is 2.86 bits per heavy atom. The predicted octanol–water partition coefficient (Wildman–Crippen LogP) is 3.46. The second-order valence-electron chi connectivity index (χ2n) is 6.01. The van der Waals surface area contributed by atoms with Gasteiger partial charge in [0.25, 0.3) is 5.91 Å². The van der Waals surface area contributed by atoms with Gasteiger partial charge in [-0.2, -0.15) is 0 Å². The minimum atomic E-state index is -0.00435. The lowest BCUT2D eigenvalue weighted by Crippen LogP contribution is -2.37. The molecule has 2 N–H and O–H groups in total. The lowest BCUT2D eigenvalue weighted by atomic mass is 9.93. The number of rotatable bonds is 6. The molecule has 0 aromatic carbocycles. The van der Waals surface area contributed by atoms with E-state index >= 15 is 0 Å². The number of aromatic nitrogens is 1. The van der Waals surface area contributed by atoms with Gasteiger partial charge in [-0.3, -0.25) is 4.79 Å². The Balaban J connectivity index is 2.04. The summed E-state index contributed by atoms with van der Waals surface area (Å²) in [5.41, 5.74) is 0.651. The quantitative estimate of drug-likeness (QED) is 0.843. The number of hydrogen-bond donors (Lipinski definition) is 2. The fraction of sp³-hybridized carbons (Fsp3) is 0.647. The van der Waals surface area contributed by atoms with Crippen molar-refractivity contribution >= 4 is 11.7 Å². The van der Waals surface area contributed by atoms with Crippen LogP contribution in [0, 0.1) is 11.8 Å². The molecule has 1 saturated carbocycles. The first kappa shape index (κ1) is 15.8. The smallest absolute Gasteiger partial charge is 0.255 e. The van der Waals surface area contributed by atoms with Crippen molar-refractivity contribution in [2.45, 2.75) is 52.5 Å². The van der Waals surface area contributed by atoms with E-state index in [-0.39, 0.29) is 5.91 Å². The molecule has 4 heteroatoms. The molecule has 4 nitrogen and oxygen atoms in total. The lowest BCUT2D eigenvalue weighted by molar-refractivity contribution is 0.0927. The molecule has 1 aliphatic carbocycles. The number of amides is 1. The van der Waals surface area contributed by atoms with Gasteiger partial charge in [0.2, 0.25) is 0 Å². The Bertz CT molecular complexity index is 475. The molecule has 1 aromatic heterocycles. The molecular weight excluding hydrogens is 262 g/mol. The minimum Gasteiger partial charge on any atom is -0.369 e.